The van der Waals surface area contributed by atoms with Gasteiger partial charge < -0.3 is 4.57 Å². The van der Waals surface area contributed by atoms with E-state index in [0.717, 1.165) is 5.69 Å². The number of nitro groups is 1. The molecule has 0 unspecified atom stereocenters. The van der Waals surface area contributed by atoms with Crippen molar-refractivity contribution in [2.24, 2.45) is 0 Å². The Hall–Kier alpha value is -3.72. The minimum atomic E-state index is -0.500. The summed E-state index contributed by atoms with van der Waals surface area (Å²) in [7, 11) is 0. The van der Waals surface area contributed by atoms with Crippen LogP contribution in [0.25, 0.3) is 17.3 Å². The Morgan fingerprint density at radius 2 is 1.92 bits per heavy atom. The normalized spacial score (nSPS) is 11.1. The van der Waals surface area contributed by atoms with Gasteiger partial charge in [0, 0.05) is 29.7 Å². The van der Waals surface area contributed by atoms with Crippen LogP contribution in [0.4, 0.5) is 10.1 Å². The van der Waals surface area contributed by atoms with Crippen molar-refractivity contribution in [3.8, 4) is 11.8 Å². The SMILES string of the molecule is N#C/C(=C/c1cccn1-c1ccc(F)cc1)c1cccc([N+](=O)[O-])c1. The highest BCUT2D eigenvalue weighted by Crippen LogP contribution is 2.23. The van der Waals surface area contributed by atoms with Crippen LogP contribution in [-0.2, 0) is 0 Å². The first kappa shape index (κ1) is 16.1. The quantitative estimate of drug-likeness (QED) is 0.398. The van der Waals surface area contributed by atoms with Crippen molar-refractivity contribution in [3.63, 3.8) is 0 Å². The van der Waals surface area contributed by atoms with Gasteiger partial charge in [0.25, 0.3) is 5.69 Å². The lowest BCUT2D eigenvalue weighted by Gasteiger charge is -2.07. The van der Waals surface area contributed by atoms with Crippen molar-refractivity contribution in [1.82, 2.24) is 4.57 Å². The molecule has 0 N–H and O–H groups in total. The number of rotatable bonds is 4. The Morgan fingerprint density at radius 1 is 1.16 bits per heavy atom. The molecule has 2 aromatic carbocycles. The molecular formula is C19H12FN3O2. The number of nitro benzene ring substituents is 1. The van der Waals surface area contributed by atoms with E-state index >= 15 is 0 Å². The number of nitriles is 1. The zero-order valence-electron chi connectivity index (χ0n) is 13.0. The average molecular weight is 333 g/mol. The summed E-state index contributed by atoms with van der Waals surface area (Å²) in [6.45, 7) is 0. The minimum Gasteiger partial charge on any atom is -0.317 e. The monoisotopic (exact) mass is 333 g/mol. The Morgan fingerprint density at radius 3 is 2.60 bits per heavy atom. The maximum atomic E-state index is 13.1. The highest BCUT2D eigenvalue weighted by atomic mass is 19.1. The molecule has 0 fully saturated rings. The predicted octanol–water partition coefficient (Wildman–Crippen LogP) is 4.59. The molecule has 0 radical (unpaired) electrons. The van der Waals surface area contributed by atoms with Crippen LogP contribution in [0.3, 0.4) is 0 Å². The lowest BCUT2D eigenvalue weighted by molar-refractivity contribution is -0.384. The van der Waals surface area contributed by atoms with Gasteiger partial charge in [-0.2, -0.15) is 5.26 Å². The van der Waals surface area contributed by atoms with Gasteiger partial charge in [-0.25, -0.2) is 4.39 Å². The molecule has 1 aromatic heterocycles. The van der Waals surface area contributed by atoms with Crippen molar-refractivity contribution in [1.29, 1.82) is 5.26 Å². The van der Waals surface area contributed by atoms with E-state index in [4.69, 9.17) is 0 Å². The first-order valence-corrected chi connectivity index (χ1v) is 7.38. The smallest absolute Gasteiger partial charge is 0.270 e. The summed E-state index contributed by atoms with van der Waals surface area (Å²) in [6.07, 6.45) is 3.43. The zero-order chi connectivity index (χ0) is 17.8. The fourth-order valence-electron chi connectivity index (χ4n) is 2.46. The summed E-state index contributed by atoms with van der Waals surface area (Å²) >= 11 is 0. The number of aromatic nitrogens is 1. The van der Waals surface area contributed by atoms with E-state index < -0.39 is 4.92 Å². The highest BCUT2D eigenvalue weighted by Gasteiger charge is 2.10. The van der Waals surface area contributed by atoms with Crippen LogP contribution in [0.5, 0.6) is 0 Å². The molecule has 0 saturated carbocycles. The summed E-state index contributed by atoms with van der Waals surface area (Å²) in [4.78, 5) is 10.4. The number of hydrogen-bond acceptors (Lipinski definition) is 3. The number of benzene rings is 2. The molecule has 3 rings (SSSR count). The van der Waals surface area contributed by atoms with Gasteiger partial charge >= 0.3 is 0 Å². The van der Waals surface area contributed by atoms with Crippen molar-refractivity contribution < 1.29 is 9.31 Å². The Balaban J connectivity index is 2.04. The molecule has 25 heavy (non-hydrogen) atoms. The Bertz CT molecular complexity index is 998. The van der Waals surface area contributed by atoms with E-state index in [1.807, 2.05) is 0 Å². The first-order valence-electron chi connectivity index (χ1n) is 7.38. The third-order valence-corrected chi connectivity index (χ3v) is 3.67. The van der Waals surface area contributed by atoms with E-state index in [1.54, 1.807) is 47.2 Å². The van der Waals surface area contributed by atoms with Crippen molar-refractivity contribution in [2.45, 2.75) is 0 Å². The summed E-state index contributed by atoms with van der Waals surface area (Å²) in [5.74, 6) is -0.331. The summed E-state index contributed by atoms with van der Waals surface area (Å²) in [5, 5.41) is 20.4. The van der Waals surface area contributed by atoms with Gasteiger partial charge in [-0.3, -0.25) is 10.1 Å². The Labute approximate surface area is 143 Å². The largest absolute Gasteiger partial charge is 0.317 e. The summed E-state index contributed by atoms with van der Waals surface area (Å²) in [5.41, 5.74) is 2.13. The molecule has 122 valence electrons. The first-order chi connectivity index (χ1) is 12.1. The van der Waals surface area contributed by atoms with Gasteiger partial charge in [0.15, 0.2) is 0 Å². The second-order valence-corrected chi connectivity index (χ2v) is 5.26. The minimum absolute atomic E-state index is 0.0763. The van der Waals surface area contributed by atoms with E-state index in [0.29, 0.717) is 16.8 Å². The van der Waals surface area contributed by atoms with E-state index in [1.165, 1.54) is 30.3 Å². The predicted molar refractivity (Wildman–Crippen MR) is 92.3 cm³/mol. The fraction of sp³-hybridized carbons (Fsp3) is 0. The summed E-state index contributed by atoms with van der Waals surface area (Å²) in [6, 6.07) is 17.6. The fourth-order valence-corrected chi connectivity index (χ4v) is 2.46. The third kappa shape index (κ3) is 3.46. The van der Waals surface area contributed by atoms with Gasteiger partial charge in [0.2, 0.25) is 0 Å². The van der Waals surface area contributed by atoms with Gasteiger partial charge in [0.05, 0.1) is 16.6 Å². The number of hydrogen-bond donors (Lipinski definition) is 0. The van der Waals surface area contributed by atoms with E-state index in [2.05, 4.69) is 6.07 Å². The lowest BCUT2D eigenvalue weighted by atomic mass is 10.1. The zero-order valence-corrected chi connectivity index (χ0v) is 13.0. The van der Waals surface area contributed by atoms with Gasteiger partial charge in [-0.1, -0.05) is 12.1 Å². The molecular weight excluding hydrogens is 321 g/mol. The molecule has 0 aliphatic heterocycles. The van der Waals surface area contributed by atoms with E-state index in [9.17, 15) is 19.8 Å². The molecule has 0 amide bonds. The van der Waals surface area contributed by atoms with Crippen LogP contribution in [-0.4, -0.2) is 9.49 Å². The van der Waals surface area contributed by atoms with Crippen molar-refractivity contribution in [2.75, 3.05) is 0 Å². The van der Waals surface area contributed by atoms with Crippen LogP contribution >= 0.6 is 0 Å². The molecule has 5 nitrogen and oxygen atoms in total. The molecule has 0 atom stereocenters. The highest BCUT2D eigenvalue weighted by molar-refractivity contribution is 5.89. The van der Waals surface area contributed by atoms with Gasteiger partial charge in [-0.05, 0) is 48.0 Å². The average Bonchev–Trinajstić information content (AvgIpc) is 3.08. The topological polar surface area (TPSA) is 71.9 Å². The van der Waals surface area contributed by atoms with E-state index in [-0.39, 0.29) is 11.5 Å². The number of halogens is 1. The molecule has 0 aliphatic carbocycles. The second-order valence-electron chi connectivity index (χ2n) is 5.26. The maximum absolute atomic E-state index is 13.1. The number of nitrogens with zero attached hydrogens (tertiary/aromatic N) is 3. The van der Waals surface area contributed by atoms with Gasteiger partial charge in [0.1, 0.15) is 5.82 Å². The second kappa shape index (κ2) is 6.81. The molecule has 0 bridgehead atoms. The maximum Gasteiger partial charge on any atom is 0.270 e. The van der Waals surface area contributed by atoms with Crippen LogP contribution in [0, 0.1) is 27.3 Å². The standard InChI is InChI=1S/C19H12FN3O2/c20-16-6-8-17(9-7-16)22-10-2-5-18(22)12-15(13-21)14-3-1-4-19(11-14)23(24)25/h1-12H/b15-12-. The van der Waals surface area contributed by atoms with Crippen molar-refractivity contribution >= 4 is 17.3 Å². The number of allylic oxidation sites excluding steroid dienone is 1. The molecule has 0 aliphatic rings. The van der Waals surface area contributed by atoms with Crippen molar-refractivity contribution in [3.05, 3.63) is 94.0 Å². The molecule has 1 heterocycles. The van der Waals surface area contributed by atoms with Gasteiger partial charge in [-0.15, -0.1) is 0 Å². The lowest BCUT2D eigenvalue weighted by Crippen LogP contribution is -1.95. The number of non-ortho nitro benzene ring substituents is 1. The molecule has 0 spiro atoms. The molecule has 3 aromatic rings. The van der Waals surface area contributed by atoms with Crippen LogP contribution in [0.1, 0.15) is 11.3 Å². The molecule has 0 saturated heterocycles. The summed E-state index contributed by atoms with van der Waals surface area (Å²) < 4.78 is 14.9. The van der Waals surface area contributed by atoms with Crippen LogP contribution < -0.4 is 0 Å². The molecule has 6 heteroatoms. The van der Waals surface area contributed by atoms with Crippen LogP contribution in [0.2, 0.25) is 0 Å². The Kier molecular flexibility index (Phi) is 4.40. The van der Waals surface area contributed by atoms with Crippen LogP contribution in [0.15, 0.2) is 66.9 Å². The third-order valence-electron chi connectivity index (χ3n) is 3.67.